The highest BCUT2D eigenvalue weighted by Crippen LogP contribution is 2.36. The third kappa shape index (κ3) is 5.37. The van der Waals surface area contributed by atoms with Crippen molar-refractivity contribution in [1.29, 1.82) is 0 Å². The number of likely N-dealkylation sites (tertiary alicyclic amines) is 1. The van der Waals surface area contributed by atoms with Gasteiger partial charge in [0, 0.05) is 6.54 Å². The van der Waals surface area contributed by atoms with Gasteiger partial charge in [-0.2, -0.15) is 0 Å². The lowest BCUT2D eigenvalue weighted by molar-refractivity contribution is 0.130. The molecule has 2 aliphatic heterocycles. The molecule has 176 valence electrons. The molecule has 1 saturated heterocycles. The number of rotatable bonds is 7. The number of piperidine rings is 1. The summed E-state index contributed by atoms with van der Waals surface area (Å²) in [6.07, 6.45) is 13.3. The van der Waals surface area contributed by atoms with Gasteiger partial charge in [0.2, 0.25) is 0 Å². The highest BCUT2D eigenvalue weighted by Gasteiger charge is 2.33. The van der Waals surface area contributed by atoms with Crippen LogP contribution in [-0.2, 0) is 20.8 Å². The Bertz CT molecular complexity index is 1100. The first-order chi connectivity index (χ1) is 16.8. The van der Waals surface area contributed by atoms with E-state index in [0.29, 0.717) is 18.3 Å². The van der Waals surface area contributed by atoms with Gasteiger partial charge in [0.1, 0.15) is 36.9 Å². The predicted molar refractivity (Wildman–Crippen MR) is 131 cm³/mol. The minimum absolute atomic E-state index is 0.0194. The number of allylic oxidation sites excluding steroid dienone is 2. The molecular formula is C29H31NO4. The second kappa shape index (κ2) is 10.7. The van der Waals surface area contributed by atoms with Gasteiger partial charge in [-0.1, -0.05) is 42.5 Å². The van der Waals surface area contributed by atoms with Gasteiger partial charge in [0.25, 0.3) is 0 Å². The molecular weight excluding hydrogens is 426 g/mol. The molecule has 34 heavy (non-hydrogen) atoms. The van der Waals surface area contributed by atoms with Crippen LogP contribution in [-0.4, -0.2) is 29.1 Å². The summed E-state index contributed by atoms with van der Waals surface area (Å²) in [6.45, 7) is 2.42. The van der Waals surface area contributed by atoms with Crippen LogP contribution in [0.5, 0.6) is 5.75 Å². The summed E-state index contributed by atoms with van der Waals surface area (Å²) >= 11 is 0. The van der Waals surface area contributed by atoms with Crippen molar-refractivity contribution in [2.24, 2.45) is 0 Å². The summed E-state index contributed by atoms with van der Waals surface area (Å²) in [4.78, 5) is 2.48. The third-order valence-corrected chi connectivity index (χ3v) is 6.66. The van der Waals surface area contributed by atoms with Gasteiger partial charge in [0.05, 0.1) is 6.04 Å². The minimum atomic E-state index is -0.0194. The van der Waals surface area contributed by atoms with Crippen LogP contribution in [0.2, 0.25) is 0 Å². The van der Waals surface area contributed by atoms with E-state index in [4.69, 9.17) is 14.2 Å². The SMILES string of the molecule is Oc1cccc(C2CCCN(C(C3=CC(OCc4ccccc4)=CCC3)C3=COC=CO3)C2)c1. The maximum atomic E-state index is 9.99. The maximum absolute atomic E-state index is 9.99. The van der Waals surface area contributed by atoms with Crippen LogP contribution < -0.4 is 0 Å². The summed E-state index contributed by atoms with van der Waals surface area (Å²) < 4.78 is 17.6. The largest absolute Gasteiger partial charge is 0.508 e. The number of aromatic hydroxyl groups is 1. The molecule has 2 aromatic carbocycles. The van der Waals surface area contributed by atoms with Crippen molar-refractivity contribution in [3.63, 3.8) is 0 Å². The molecule has 3 aliphatic rings. The van der Waals surface area contributed by atoms with Gasteiger partial charge < -0.3 is 19.3 Å². The average Bonchev–Trinajstić information content (AvgIpc) is 2.89. The molecule has 0 amide bonds. The molecule has 5 rings (SSSR count). The number of benzene rings is 2. The highest BCUT2D eigenvalue weighted by atomic mass is 16.5. The van der Waals surface area contributed by atoms with Crippen molar-refractivity contribution in [3.05, 3.63) is 114 Å². The zero-order valence-corrected chi connectivity index (χ0v) is 19.3. The van der Waals surface area contributed by atoms with Gasteiger partial charge in [-0.25, -0.2) is 0 Å². The molecule has 0 spiro atoms. The van der Waals surface area contributed by atoms with E-state index >= 15 is 0 Å². The average molecular weight is 458 g/mol. The molecule has 0 radical (unpaired) electrons. The number of ether oxygens (including phenoxy) is 3. The van der Waals surface area contributed by atoms with Gasteiger partial charge in [-0.05, 0) is 79.1 Å². The van der Waals surface area contributed by atoms with Crippen molar-refractivity contribution in [2.75, 3.05) is 13.1 Å². The lowest BCUT2D eigenvalue weighted by Crippen LogP contribution is -2.44. The Labute approximate surface area is 201 Å². The molecule has 1 N–H and O–H groups in total. The molecule has 5 nitrogen and oxygen atoms in total. The first-order valence-electron chi connectivity index (χ1n) is 12.0. The molecule has 1 aliphatic carbocycles. The van der Waals surface area contributed by atoms with Crippen LogP contribution in [0, 0.1) is 0 Å². The first kappa shape index (κ1) is 22.4. The number of phenols is 1. The van der Waals surface area contributed by atoms with E-state index < -0.39 is 0 Å². The molecule has 2 unspecified atom stereocenters. The van der Waals surface area contributed by atoms with Crippen molar-refractivity contribution in [3.8, 4) is 5.75 Å². The Hall–Kier alpha value is -3.44. The fourth-order valence-corrected chi connectivity index (χ4v) is 5.04. The summed E-state index contributed by atoms with van der Waals surface area (Å²) in [6, 6.07) is 17.9. The van der Waals surface area contributed by atoms with Crippen LogP contribution in [0.4, 0.5) is 0 Å². The summed E-state index contributed by atoms with van der Waals surface area (Å²) in [5, 5.41) is 9.99. The minimum Gasteiger partial charge on any atom is -0.508 e. The standard InChI is InChI=1S/C29H31NO4/c31-26-12-4-9-23(17-26)25-11-6-14-30(19-25)29(28-21-32-15-16-33-28)24-10-5-13-27(18-24)34-20-22-7-2-1-3-8-22/h1-4,7-9,12-13,15-18,21,25,29,31H,5-6,10-11,14,19-20H2. The van der Waals surface area contributed by atoms with E-state index in [2.05, 4.69) is 35.3 Å². The van der Waals surface area contributed by atoms with Crippen molar-refractivity contribution in [2.45, 2.75) is 44.2 Å². The topological polar surface area (TPSA) is 51.2 Å². The Morgan fingerprint density at radius 2 is 2.00 bits per heavy atom. The van der Waals surface area contributed by atoms with E-state index in [-0.39, 0.29) is 6.04 Å². The van der Waals surface area contributed by atoms with E-state index in [1.807, 2.05) is 30.3 Å². The molecule has 2 heterocycles. The van der Waals surface area contributed by atoms with Crippen molar-refractivity contribution >= 4 is 0 Å². The molecule has 0 saturated carbocycles. The maximum Gasteiger partial charge on any atom is 0.160 e. The summed E-state index contributed by atoms with van der Waals surface area (Å²) in [5.41, 5.74) is 3.61. The normalized spacial score (nSPS) is 21.4. The lowest BCUT2D eigenvalue weighted by atomic mass is 9.87. The van der Waals surface area contributed by atoms with Crippen LogP contribution >= 0.6 is 0 Å². The number of hydrogen-bond donors (Lipinski definition) is 1. The summed E-state index contributed by atoms with van der Waals surface area (Å²) in [7, 11) is 0. The number of phenolic OH excluding ortho intramolecular Hbond substituents is 1. The van der Waals surface area contributed by atoms with E-state index in [1.54, 1.807) is 24.9 Å². The van der Waals surface area contributed by atoms with Crippen LogP contribution in [0.15, 0.2) is 103 Å². The van der Waals surface area contributed by atoms with Crippen molar-refractivity contribution in [1.82, 2.24) is 4.90 Å². The van der Waals surface area contributed by atoms with Gasteiger partial charge in [-0.15, -0.1) is 0 Å². The van der Waals surface area contributed by atoms with Crippen LogP contribution in [0.3, 0.4) is 0 Å². The van der Waals surface area contributed by atoms with Crippen molar-refractivity contribution < 1.29 is 19.3 Å². The third-order valence-electron chi connectivity index (χ3n) is 6.66. The highest BCUT2D eigenvalue weighted by molar-refractivity contribution is 5.34. The molecule has 2 aromatic rings. The Kier molecular flexibility index (Phi) is 7.01. The van der Waals surface area contributed by atoms with E-state index in [9.17, 15) is 5.11 Å². The molecule has 0 aromatic heterocycles. The van der Waals surface area contributed by atoms with Gasteiger partial charge in [-0.3, -0.25) is 4.90 Å². The quantitative estimate of drug-likeness (QED) is 0.543. The molecule has 1 fully saturated rings. The lowest BCUT2D eigenvalue weighted by Gasteiger charge is -2.40. The second-order valence-corrected chi connectivity index (χ2v) is 9.02. The smallest absolute Gasteiger partial charge is 0.160 e. The molecule has 0 bridgehead atoms. The molecule has 2 atom stereocenters. The zero-order chi connectivity index (χ0) is 23.2. The second-order valence-electron chi connectivity index (χ2n) is 9.02. The van der Waals surface area contributed by atoms with E-state index in [0.717, 1.165) is 55.9 Å². The fraction of sp³-hybridized carbons (Fsp3) is 0.310. The van der Waals surface area contributed by atoms with E-state index in [1.165, 1.54) is 11.1 Å². The van der Waals surface area contributed by atoms with Gasteiger partial charge in [0.15, 0.2) is 5.76 Å². The monoisotopic (exact) mass is 457 g/mol. The molecule has 5 heteroatoms. The van der Waals surface area contributed by atoms with Crippen LogP contribution in [0.1, 0.15) is 42.7 Å². The predicted octanol–water partition coefficient (Wildman–Crippen LogP) is 6.12. The Morgan fingerprint density at radius 1 is 1.09 bits per heavy atom. The van der Waals surface area contributed by atoms with Crippen LogP contribution in [0.25, 0.3) is 0 Å². The Morgan fingerprint density at radius 3 is 2.82 bits per heavy atom. The number of nitrogens with zero attached hydrogens (tertiary/aromatic N) is 1. The van der Waals surface area contributed by atoms with Gasteiger partial charge >= 0.3 is 0 Å². The number of hydrogen-bond acceptors (Lipinski definition) is 5. The first-order valence-corrected chi connectivity index (χ1v) is 12.0. The fourth-order valence-electron chi connectivity index (χ4n) is 5.04. The summed E-state index contributed by atoms with van der Waals surface area (Å²) in [5.74, 6) is 2.39. The zero-order valence-electron chi connectivity index (χ0n) is 19.3. The Balaban J connectivity index is 1.37.